The zero-order valence-electron chi connectivity index (χ0n) is 20.6. The molecule has 0 saturated carbocycles. The van der Waals surface area contributed by atoms with Crippen LogP contribution in [0.4, 0.5) is 11.4 Å². The number of halogens is 1. The molecule has 0 aliphatic heterocycles. The Balaban J connectivity index is 1.72. The second-order valence-electron chi connectivity index (χ2n) is 8.58. The Kier molecular flexibility index (Phi) is 9.00. The van der Waals surface area contributed by atoms with Gasteiger partial charge in [0.2, 0.25) is 0 Å². The minimum absolute atomic E-state index is 0.240. The minimum Gasteiger partial charge on any atom is -0.358 e. The first kappa shape index (κ1) is 26.7. The predicted molar refractivity (Wildman–Crippen MR) is 148 cm³/mol. The van der Waals surface area contributed by atoms with E-state index in [1.165, 1.54) is 6.07 Å². The maximum absolute atomic E-state index is 13.0. The third-order valence-electron chi connectivity index (χ3n) is 5.56. The minimum atomic E-state index is -0.399. The van der Waals surface area contributed by atoms with E-state index in [0.29, 0.717) is 39.9 Å². The van der Waals surface area contributed by atoms with E-state index in [9.17, 15) is 9.59 Å². The van der Waals surface area contributed by atoms with Crippen molar-refractivity contribution in [3.8, 4) is 0 Å². The molecular formula is C28H30ClN5O2. The smallest absolute Gasteiger partial charge is 0.257 e. The van der Waals surface area contributed by atoms with E-state index in [1.807, 2.05) is 38.2 Å². The molecule has 0 spiro atoms. The van der Waals surface area contributed by atoms with Crippen LogP contribution >= 0.6 is 11.6 Å². The lowest BCUT2D eigenvalue weighted by atomic mass is 10.1. The van der Waals surface area contributed by atoms with Crippen molar-refractivity contribution < 1.29 is 9.59 Å². The highest BCUT2D eigenvalue weighted by molar-refractivity contribution is 6.31. The summed E-state index contributed by atoms with van der Waals surface area (Å²) in [5.74, 6) is -0.397. The number of amides is 2. The molecule has 0 unspecified atom stereocenters. The maximum Gasteiger partial charge on any atom is 0.257 e. The highest BCUT2D eigenvalue weighted by atomic mass is 35.5. The number of amidine groups is 1. The molecule has 3 N–H and O–H groups in total. The molecule has 7 nitrogen and oxygen atoms in total. The summed E-state index contributed by atoms with van der Waals surface area (Å²) >= 11 is 6.14. The van der Waals surface area contributed by atoms with Gasteiger partial charge in [0.25, 0.3) is 11.8 Å². The first-order valence-corrected chi connectivity index (χ1v) is 11.8. The number of carbonyl (C=O) groups is 2. The molecule has 3 aromatic rings. The molecule has 0 atom stereocenters. The highest BCUT2D eigenvalue weighted by Gasteiger charge is 2.16. The SMILES string of the molecule is C=Cc1ccc(NC(=O)c2cc(Cl)ccc2NC(=O)c2ccc(C(=N)N(C)CCN(C)C)cc2)cc1. The van der Waals surface area contributed by atoms with Gasteiger partial charge in [0.15, 0.2) is 0 Å². The molecule has 0 fully saturated rings. The van der Waals surface area contributed by atoms with Gasteiger partial charge >= 0.3 is 0 Å². The lowest BCUT2D eigenvalue weighted by molar-refractivity contribution is 0.102. The van der Waals surface area contributed by atoms with Crippen LogP contribution in [0, 0.1) is 5.41 Å². The molecule has 2 amide bonds. The summed E-state index contributed by atoms with van der Waals surface area (Å²) in [6.07, 6.45) is 1.72. The van der Waals surface area contributed by atoms with Crippen LogP contribution in [0.15, 0.2) is 73.3 Å². The number of likely N-dealkylation sites (N-methyl/N-ethyl adjacent to an activating group) is 2. The molecule has 0 bridgehead atoms. The fourth-order valence-electron chi connectivity index (χ4n) is 3.37. The molecule has 8 heteroatoms. The van der Waals surface area contributed by atoms with Gasteiger partial charge < -0.3 is 20.4 Å². The number of nitrogens with zero attached hydrogens (tertiary/aromatic N) is 2. The Morgan fingerprint density at radius 2 is 1.53 bits per heavy atom. The number of rotatable bonds is 9. The average Bonchev–Trinajstić information content (AvgIpc) is 2.88. The Morgan fingerprint density at radius 1 is 0.889 bits per heavy atom. The van der Waals surface area contributed by atoms with Crippen LogP contribution in [0.1, 0.15) is 31.8 Å². The lowest BCUT2D eigenvalue weighted by Crippen LogP contribution is -2.33. The van der Waals surface area contributed by atoms with Crippen LogP contribution < -0.4 is 10.6 Å². The molecule has 0 aliphatic carbocycles. The molecule has 3 aromatic carbocycles. The van der Waals surface area contributed by atoms with E-state index in [2.05, 4.69) is 22.1 Å². The second-order valence-corrected chi connectivity index (χ2v) is 9.01. The molecule has 0 aliphatic rings. The number of benzene rings is 3. The molecular weight excluding hydrogens is 474 g/mol. The van der Waals surface area contributed by atoms with E-state index in [4.69, 9.17) is 17.0 Å². The van der Waals surface area contributed by atoms with Crippen molar-refractivity contribution in [1.82, 2.24) is 9.80 Å². The zero-order chi connectivity index (χ0) is 26.2. The Hall–Kier alpha value is -3.94. The van der Waals surface area contributed by atoms with Crippen LogP contribution in [0.25, 0.3) is 6.08 Å². The number of anilines is 2. The van der Waals surface area contributed by atoms with Crippen LogP contribution in [0.2, 0.25) is 5.02 Å². The van der Waals surface area contributed by atoms with E-state index >= 15 is 0 Å². The quantitative estimate of drug-likeness (QED) is 0.273. The van der Waals surface area contributed by atoms with Gasteiger partial charge in [0.05, 0.1) is 11.3 Å². The highest BCUT2D eigenvalue weighted by Crippen LogP contribution is 2.23. The Labute approximate surface area is 216 Å². The van der Waals surface area contributed by atoms with Crippen molar-refractivity contribution in [3.05, 3.63) is 101 Å². The Morgan fingerprint density at radius 3 is 2.14 bits per heavy atom. The van der Waals surface area contributed by atoms with Gasteiger partial charge in [0.1, 0.15) is 5.84 Å². The van der Waals surface area contributed by atoms with Crippen molar-refractivity contribution in [3.63, 3.8) is 0 Å². The van der Waals surface area contributed by atoms with Crippen molar-refractivity contribution in [2.75, 3.05) is 44.9 Å². The van der Waals surface area contributed by atoms with Gasteiger partial charge in [-0.3, -0.25) is 15.0 Å². The standard InChI is InChI=1S/C28H30ClN5O2/c1-5-19-6-13-23(14-7-19)31-28(36)24-18-22(29)12-15-25(24)32-27(35)21-10-8-20(9-11-21)26(30)34(4)17-16-33(2)3/h5-15,18,30H,1,16-17H2,2-4H3,(H,31,36)(H,32,35). The number of nitrogens with one attached hydrogen (secondary N) is 3. The number of hydrogen-bond acceptors (Lipinski definition) is 4. The number of hydrogen-bond donors (Lipinski definition) is 3. The average molecular weight is 504 g/mol. The van der Waals surface area contributed by atoms with Gasteiger partial charge in [-0.25, -0.2) is 0 Å². The fourth-order valence-corrected chi connectivity index (χ4v) is 3.54. The summed E-state index contributed by atoms with van der Waals surface area (Å²) in [6.45, 7) is 5.27. The molecule has 0 radical (unpaired) electrons. The number of carbonyl (C=O) groups excluding carboxylic acids is 2. The van der Waals surface area contributed by atoms with Crippen molar-refractivity contribution in [2.24, 2.45) is 0 Å². The molecule has 0 heterocycles. The van der Waals surface area contributed by atoms with Gasteiger partial charge in [-0.15, -0.1) is 0 Å². The van der Waals surface area contributed by atoms with Crippen molar-refractivity contribution in [2.45, 2.75) is 0 Å². The monoisotopic (exact) mass is 503 g/mol. The van der Waals surface area contributed by atoms with Gasteiger partial charge in [-0.2, -0.15) is 0 Å². The largest absolute Gasteiger partial charge is 0.358 e. The summed E-state index contributed by atoms with van der Waals surface area (Å²) < 4.78 is 0. The third-order valence-corrected chi connectivity index (χ3v) is 5.80. The summed E-state index contributed by atoms with van der Waals surface area (Å²) in [5, 5.41) is 14.4. The van der Waals surface area contributed by atoms with E-state index in [-0.39, 0.29) is 11.5 Å². The van der Waals surface area contributed by atoms with Crippen molar-refractivity contribution in [1.29, 1.82) is 5.41 Å². The van der Waals surface area contributed by atoms with E-state index in [0.717, 1.165) is 12.1 Å². The summed E-state index contributed by atoms with van der Waals surface area (Å²) in [7, 11) is 5.84. The van der Waals surface area contributed by atoms with Crippen LogP contribution in [0.3, 0.4) is 0 Å². The van der Waals surface area contributed by atoms with E-state index < -0.39 is 5.91 Å². The predicted octanol–water partition coefficient (Wildman–Crippen LogP) is 5.31. The van der Waals surface area contributed by atoms with Crippen molar-refractivity contribution >= 4 is 46.7 Å². The van der Waals surface area contributed by atoms with Gasteiger partial charge in [-0.05, 0) is 62.1 Å². The summed E-state index contributed by atoms with van der Waals surface area (Å²) in [5.41, 5.74) is 3.24. The molecule has 36 heavy (non-hydrogen) atoms. The first-order valence-electron chi connectivity index (χ1n) is 11.4. The molecule has 3 rings (SSSR count). The molecule has 0 saturated heterocycles. The van der Waals surface area contributed by atoms with Gasteiger partial charge in [0, 0.05) is 42.0 Å². The van der Waals surface area contributed by atoms with Gasteiger partial charge in [-0.1, -0.05) is 48.5 Å². The summed E-state index contributed by atoms with van der Waals surface area (Å²) in [6, 6.07) is 18.8. The Bertz CT molecular complexity index is 1250. The lowest BCUT2D eigenvalue weighted by Gasteiger charge is -2.22. The third kappa shape index (κ3) is 7.04. The summed E-state index contributed by atoms with van der Waals surface area (Å²) in [4.78, 5) is 29.8. The second kappa shape index (κ2) is 12.2. The normalized spacial score (nSPS) is 10.6. The van der Waals surface area contributed by atoms with Crippen LogP contribution in [-0.2, 0) is 0 Å². The maximum atomic E-state index is 13.0. The topological polar surface area (TPSA) is 88.5 Å². The van der Waals surface area contributed by atoms with E-state index in [1.54, 1.807) is 54.6 Å². The first-order chi connectivity index (χ1) is 17.2. The van der Waals surface area contributed by atoms with Crippen LogP contribution in [-0.4, -0.2) is 61.7 Å². The fraction of sp³-hybridized carbons (Fsp3) is 0.179. The molecule has 186 valence electrons. The van der Waals surface area contributed by atoms with Crippen LogP contribution in [0.5, 0.6) is 0 Å². The zero-order valence-corrected chi connectivity index (χ0v) is 21.4. The molecule has 0 aromatic heterocycles.